The van der Waals surface area contributed by atoms with Crippen molar-refractivity contribution in [2.45, 2.75) is 38.7 Å². The van der Waals surface area contributed by atoms with Gasteiger partial charge in [-0.3, -0.25) is 9.78 Å². The number of carbonyl (C=O) groups excluding carboxylic acids is 1. The van der Waals surface area contributed by atoms with E-state index in [1.165, 1.54) is 25.6 Å². The molecule has 11 heteroatoms. The molecule has 2 aromatic carbocycles. The van der Waals surface area contributed by atoms with Crippen molar-refractivity contribution in [3.05, 3.63) is 101 Å². The molecule has 4 heterocycles. The van der Waals surface area contributed by atoms with Gasteiger partial charge in [0.15, 0.2) is 0 Å². The van der Waals surface area contributed by atoms with Gasteiger partial charge >= 0.3 is 0 Å². The zero-order chi connectivity index (χ0) is 31.9. The van der Waals surface area contributed by atoms with Gasteiger partial charge in [-0.15, -0.1) is 0 Å². The topological polar surface area (TPSA) is 117 Å². The van der Waals surface area contributed by atoms with Crippen LogP contribution in [0, 0.1) is 0 Å². The van der Waals surface area contributed by atoms with Crippen LogP contribution < -0.4 is 15.4 Å². The molecule has 10 nitrogen and oxygen atoms in total. The second-order valence-electron chi connectivity index (χ2n) is 11.4. The van der Waals surface area contributed by atoms with Crippen molar-refractivity contribution in [2.75, 3.05) is 38.1 Å². The lowest BCUT2D eigenvalue weighted by Gasteiger charge is -2.26. The van der Waals surface area contributed by atoms with Gasteiger partial charge < -0.3 is 29.9 Å². The first-order valence-electron chi connectivity index (χ1n) is 15.7. The number of aromatic nitrogens is 4. The standard InChI is InChI=1S/C35H38ClN7O3/c1-24(31-7-3-4-13-37-31)46-33-11-8-26(19-30(33)36)41-34-28-20-27(9-10-32(28)39-23-40-34)43-21-25(12-18-44)29(22-43)35(45)38-14-17-42-15-5-2-6-16-42/h3-4,7-11,13,19-24,44H,2,5-6,12,14-18H2,1H3,(H,38,45)(H,39,40,41). The Morgan fingerprint density at radius 3 is 2.70 bits per heavy atom. The molecule has 0 radical (unpaired) electrons. The highest BCUT2D eigenvalue weighted by Crippen LogP contribution is 2.33. The number of carbonyl (C=O) groups is 1. The lowest BCUT2D eigenvalue weighted by Crippen LogP contribution is -2.37. The summed E-state index contributed by atoms with van der Waals surface area (Å²) in [5.74, 6) is 1.03. The number of rotatable bonds is 12. The molecule has 1 aliphatic rings. The van der Waals surface area contributed by atoms with E-state index < -0.39 is 0 Å². The van der Waals surface area contributed by atoms with Gasteiger partial charge in [0.2, 0.25) is 0 Å². The van der Waals surface area contributed by atoms with E-state index in [4.69, 9.17) is 16.3 Å². The van der Waals surface area contributed by atoms with Crippen molar-refractivity contribution in [3.63, 3.8) is 0 Å². The number of likely N-dealkylation sites (tertiary alicyclic amines) is 1. The van der Waals surface area contributed by atoms with E-state index in [0.717, 1.165) is 53.2 Å². The number of amides is 1. The van der Waals surface area contributed by atoms with Crippen LogP contribution in [0.5, 0.6) is 5.75 Å². The lowest BCUT2D eigenvalue weighted by molar-refractivity contribution is 0.0945. The molecule has 1 atom stereocenters. The minimum Gasteiger partial charge on any atom is -0.483 e. The highest BCUT2D eigenvalue weighted by atomic mass is 35.5. The largest absolute Gasteiger partial charge is 0.483 e. The van der Waals surface area contributed by atoms with Gasteiger partial charge in [-0.05, 0) is 93.4 Å². The first-order valence-corrected chi connectivity index (χ1v) is 16.1. The average Bonchev–Trinajstić information content (AvgIpc) is 3.51. The number of hydrogen-bond donors (Lipinski definition) is 3. The summed E-state index contributed by atoms with van der Waals surface area (Å²) in [7, 11) is 0. The van der Waals surface area contributed by atoms with E-state index in [0.29, 0.717) is 35.1 Å². The van der Waals surface area contributed by atoms with Crippen LogP contribution in [-0.2, 0) is 6.42 Å². The molecule has 1 amide bonds. The molecule has 0 spiro atoms. The number of benzene rings is 2. The van der Waals surface area contributed by atoms with Crippen LogP contribution in [0.15, 0.2) is 79.5 Å². The molecule has 3 aromatic heterocycles. The molecule has 46 heavy (non-hydrogen) atoms. The monoisotopic (exact) mass is 639 g/mol. The third kappa shape index (κ3) is 7.47. The molecule has 3 N–H and O–H groups in total. The number of hydrogen-bond acceptors (Lipinski definition) is 8. The van der Waals surface area contributed by atoms with Crippen LogP contribution in [0.2, 0.25) is 5.02 Å². The Labute approximate surface area is 273 Å². The van der Waals surface area contributed by atoms with Gasteiger partial charge in [-0.2, -0.15) is 0 Å². The second-order valence-corrected chi connectivity index (χ2v) is 11.9. The maximum absolute atomic E-state index is 13.2. The van der Waals surface area contributed by atoms with Crippen LogP contribution in [0.3, 0.4) is 0 Å². The number of fused-ring (bicyclic) bond motifs is 1. The van der Waals surface area contributed by atoms with Crippen molar-refractivity contribution in [1.29, 1.82) is 0 Å². The van der Waals surface area contributed by atoms with Crippen molar-refractivity contribution in [3.8, 4) is 11.4 Å². The van der Waals surface area contributed by atoms with E-state index in [1.54, 1.807) is 12.3 Å². The van der Waals surface area contributed by atoms with Gasteiger partial charge in [-0.25, -0.2) is 9.97 Å². The van der Waals surface area contributed by atoms with Gasteiger partial charge in [0.25, 0.3) is 5.91 Å². The number of nitrogens with zero attached hydrogens (tertiary/aromatic N) is 5. The second kappa shape index (κ2) is 14.7. The first-order chi connectivity index (χ1) is 22.5. The maximum atomic E-state index is 13.2. The molecule has 238 valence electrons. The Hall–Kier alpha value is -4.51. The summed E-state index contributed by atoms with van der Waals surface area (Å²) in [4.78, 5) is 28.9. The van der Waals surface area contributed by atoms with E-state index >= 15 is 0 Å². The van der Waals surface area contributed by atoms with Gasteiger partial charge in [0.05, 0.1) is 21.8 Å². The molecule has 0 aliphatic carbocycles. The predicted octanol–water partition coefficient (Wildman–Crippen LogP) is 6.10. The van der Waals surface area contributed by atoms with Gasteiger partial charge in [0, 0.05) is 55.0 Å². The highest BCUT2D eigenvalue weighted by Gasteiger charge is 2.17. The van der Waals surface area contributed by atoms with Crippen molar-refractivity contribution in [2.24, 2.45) is 0 Å². The molecular formula is C35H38ClN7O3. The van der Waals surface area contributed by atoms with E-state index in [1.807, 2.05) is 72.4 Å². The SMILES string of the molecule is CC(Oc1ccc(Nc2ncnc3ccc(-n4cc(CCO)c(C(=O)NCCN5CCCCC5)c4)cc23)cc1Cl)c1ccccn1. The first kappa shape index (κ1) is 31.5. The summed E-state index contributed by atoms with van der Waals surface area (Å²) < 4.78 is 7.98. The smallest absolute Gasteiger partial charge is 0.253 e. The maximum Gasteiger partial charge on any atom is 0.253 e. The third-order valence-corrected chi connectivity index (χ3v) is 8.51. The molecule has 1 aliphatic heterocycles. The normalized spacial score (nSPS) is 14.2. The summed E-state index contributed by atoms with van der Waals surface area (Å²) in [5.41, 5.74) is 4.50. The Morgan fingerprint density at radius 2 is 1.91 bits per heavy atom. The average molecular weight is 640 g/mol. The zero-order valence-corrected chi connectivity index (χ0v) is 26.6. The number of ether oxygens (including phenoxy) is 1. The van der Waals surface area contributed by atoms with E-state index in [9.17, 15) is 9.90 Å². The number of pyridine rings is 1. The predicted molar refractivity (Wildman–Crippen MR) is 180 cm³/mol. The van der Waals surface area contributed by atoms with Gasteiger partial charge in [0.1, 0.15) is 24.0 Å². The quantitative estimate of drug-likeness (QED) is 0.150. The highest BCUT2D eigenvalue weighted by molar-refractivity contribution is 6.32. The summed E-state index contributed by atoms with van der Waals surface area (Å²) in [5, 5.41) is 17.4. The molecule has 6 rings (SSSR count). The number of aliphatic hydroxyl groups excluding tert-OH is 1. The molecule has 0 saturated carbocycles. The fourth-order valence-electron chi connectivity index (χ4n) is 5.76. The lowest BCUT2D eigenvalue weighted by atomic mass is 10.1. The fraction of sp³-hybridized carbons (Fsp3) is 0.314. The van der Waals surface area contributed by atoms with Crippen molar-refractivity contribution < 1.29 is 14.6 Å². The van der Waals surface area contributed by atoms with Crippen LogP contribution in [0.4, 0.5) is 11.5 Å². The summed E-state index contributed by atoms with van der Waals surface area (Å²) in [6, 6.07) is 17.0. The number of nitrogens with one attached hydrogen (secondary N) is 2. The van der Waals surface area contributed by atoms with Crippen molar-refractivity contribution in [1.82, 2.24) is 29.7 Å². The Morgan fingerprint density at radius 1 is 1.04 bits per heavy atom. The minimum absolute atomic E-state index is 0.0495. The number of aliphatic hydroxyl groups is 1. The Bertz CT molecular complexity index is 1790. The molecule has 1 fully saturated rings. The number of piperidine rings is 1. The Kier molecular flexibility index (Phi) is 10.1. The fourth-order valence-corrected chi connectivity index (χ4v) is 5.98. The molecular weight excluding hydrogens is 602 g/mol. The molecule has 0 bridgehead atoms. The third-order valence-electron chi connectivity index (χ3n) is 8.22. The Balaban J connectivity index is 1.19. The van der Waals surface area contributed by atoms with Gasteiger partial charge in [-0.1, -0.05) is 24.1 Å². The summed E-state index contributed by atoms with van der Waals surface area (Å²) >= 11 is 6.62. The minimum atomic E-state index is -0.264. The molecule has 5 aromatic rings. The molecule has 1 unspecified atom stereocenters. The summed E-state index contributed by atoms with van der Waals surface area (Å²) in [6.07, 6.45) is 10.8. The van der Waals surface area contributed by atoms with Crippen molar-refractivity contribution >= 4 is 39.9 Å². The van der Waals surface area contributed by atoms with Crippen LogP contribution in [0.1, 0.15) is 53.9 Å². The van der Waals surface area contributed by atoms with Crippen LogP contribution in [0.25, 0.3) is 16.6 Å². The van der Waals surface area contributed by atoms with Crippen LogP contribution in [-0.4, -0.2) is 68.2 Å². The summed E-state index contributed by atoms with van der Waals surface area (Å²) in [6.45, 7) is 5.48. The number of halogens is 1. The number of anilines is 2. The zero-order valence-electron chi connectivity index (χ0n) is 25.8. The van der Waals surface area contributed by atoms with E-state index in [2.05, 4.69) is 30.5 Å². The van der Waals surface area contributed by atoms with Crippen LogP contribution >= 0.6 is 11.6 Å². The molecule has 1 saturated heterocycles. The van der Waals surface area contributed by atoms with E-state index in [-0.39, 0.29) is 18.6 Å².